The summed E-state index contributed by atoms with van der Waals surface area (Å²) in [5.41, 5.74) is 2.39. The van der Waals surface area contributed by atoms with E-state index in [0.29, 0.717) is 0 Å². The van der Waals surface area contributed by atoms with E-state index in [2.05, 4.69) is 39.1 Å². The van der Waals surface area contributed by atoms with E-state index in [1.54, 1.807) is 0 Å². The monoisotopic (exact) mass is 267 g/mol. The number of pyridine rings is 2. The molecule has 1 atom stereocenters. The summed E-state index contributed by atoms with van der Waals surface area (Å²) < 4.78 is 0. The average molecular weight is 267 g/mol. The molecule has 2 aromatic heterocycles. The van der Waals surface area contributed by atoms with Crippen molar-refractivity contribution in [2.75, 3.05) is 13.1 Å². The van der Waals surface area contributed by atoms with Crippen molar-refractivity contribution in [2.24, 2.45) is 5.92 Å². The third kappa shape index (κ3) is 3.64. The zero-order valence-corrected chi connectivity index (χ0v) is 11.8. The number of piperidine rings is 1. The van der Waals surface area contributed by atoms with Crippen LogP contribution in [-0.2, 0) is 13.0 Å². The van der Waals surface area contributed by atoms with Gasteiger partial charge in [-0.3, -0.25) is 14.9 Å². The summed E-state index contributed by atoms with van der Waals surface area (Å²) in [6, 6.07) is 12.4. The normalized spacial score (nSPS) is 19.9. The minimum absolute atomic E-state index is 0.724. The van der Waals surface area contributed by atoms with Gasteiger partial charge in [0.15, 0.2) is 0 Å². The first-order chi connectivity index (χ1) is 9.90. The fourth-order valence-electron chi connectivity index (χ4n) is 3.00. The van der Waals surface area contributed by atoms with Gasteiger partial charge in [-0.15, -0.1) is 0 Å². The van der Waals surface area contributed by atoms with Crippen LogP contribution in [0.1, 0.15) is 24.2 Å². The van der Waals surface area contributed by atoms with Gasteiger partial charge in [-0.1, -0.05) is 12.1 Å². The summed E-state index contributed by atoms with van der Waals surface area (Å²) in [6.45, 7) is 3.32. The number of aromatic nitrogens is 2. The first-order valence-electron chi connectivity index (χ1n) is 7.42. The van der Waals surface area contributed by atoms with E-state index in [4.69, 9.17) is 0 Å². The Morgan fingerprint density at radius 1 is 1.00 bits per heavy atom. The first kappa shape index (κ1) is 13.3. The summed E-state index contributed by atoms with van der Waals surface area (Å²) in [4.78, 5) is 11.4. The summed E-state index contributed by atoms with van der Waals surface area (Å²) in [7, 11) is 0. The molecule has 0 N–H and O–H groups in total. The van der Waals surface area contributed by atoms with Gasteiger partial charge in [-0.05, 0) is 56.0 Å². The highest BCUT2D eigenvalue weighted by molar-refractivity contribution is 5.06. The van der Waals surface area contributed by atoms with Crippen molar-refractivity contribution in [1.29, 1.82) is 0 Å². The summed E-state index contributed by atoms with van der Waals surface area (Å²) in [6.07, 6.45) is 7.47. The predicted octanol–water partition coefficient (Wildman–Crippen LogP) is 2.93. The third-order valence-corrected chi connectivity index (χ3v) is 3.94. The van der Waals surface area contributed by atoms with E-state index in [9.17, 15) is 0 Å². The van der Waals surface area contributed by atoms with E-state index in [0.717, 1.165) is 25.4 Å². The first-order valence-corrected chi connectivity index (χ1v) is 7.42. The molecule has 0 bridgehead atoms. The molecule has 2 aromatic rings. The van der Waals surface area contributed by atoms with Gasteiger partial charge in [0.05, 0.1) is 5.69 Å². The van der Waals surface area contributed by atoms with Crippen LogP contribution in [0.2, 0.25) is 0 Å². The number of likely N-dealkylation sites (tertiary alicyclic amines) is 1. The van der Waals surface area contributed by atoms with Crippen LogP contribution < -0.4 is 0 Å². The maximum Gasteiger partial charge on any atom is 0.0543 e. The van der Waals surface area contributed by atoms with Gasteiger partial charge < -0.3 is 0 Å². The van der Waals surface area contributed by atoms with Crippen LogP contribution >= 0.6 is 0 Å². The second-order valence-electron chi connectivity index (χ2n) is 5.59. The Labute approximate surface area is 120 Å². The molecule has 1 fully saturated rings. The zero-order valence-electron chi connectivity index (χ0n) is 11.8. The fraction of sp³-hybridized carbons (Fsp3) is 0.412. The third-order valence-electron chi connectivity index (χ3n) is 3.94. The van der Waals surface area contributed by atoms with Crippen molar-refractivity contribution in [3.05, 3.63) is 60.2 Å². The van der Waals surface area contributed by atoms with Crippen LogP contribution in [0.25, 0.3) is 0 Å². The van der Waals surface area contributed by atoms with Crippen molar-refractivity contribution >= 4 is 0 Å². The molecular weight excluding hydrogens is 246 g/mol. The van der Waals surface area contributed by atoms with Crippen LogP contribution in [0.4, 0.5) is 0 Å². The lowest BCUT2D eigenvalue weighted by atomic mass is 9.93. The molecule has 3 rings (SSSR count). The predicted molar refractivity (Wildman–Crippen MR) is 80.2 cm³/mol. The molecular formula is C17H21N3. The van der Waals surface area contributed by atoms with Crippen LogP contribution in [0.5, 0.6) is 0 Å². The lowest BCUT2D eigenvalue weighted by molar-refractivity contribution is 0.165. The molecule has 104 valence electrons. The number of nitrogens with zero attached hydrogens (tertiary/aromatic N) is 3. The van der Waals surface area contributed by atoms with Gasteiger partial charge in [0.25, 0.3) is 0 Å². The number of rotatable bonds is 4. The SMILES string of the molecule is c1ccc(C[C@@H]2CCCN(Cc3ccccn3)C2)nc1. The van der Waals surface area contributed by atoms with E-state index in [-0.39, 0.29) is 0 Å². The molecule has 0 unspecified atom stereocenters. The lowest BCUT2D eigenvalue weighted by Crippen LogP contribution is -2.36. The highest BCUT2D eigenvalue weighted by Gasteiger charge is 2.20. The standard InChI is InChI=1S/C17H21N3/c1-3-9-18-16(7-1)12-15-6-5-11-20(13-15)14-17-8-2-4-10-19-17/h1-4,7-10,15H,5-6,11-14H2/t15-/m0/s1. The van der Waals surface area contributed by atoms with Gasteiger partial charge in [0.1, 0.15) is 0 Å². The van der Waals surface area contributed by atoms with Gasteiger partial charge in [0.2, 0.25) is 0 Å². The Morgan fingerprint density at radius 2 is 1.75 bits per heavy atom. The van der Waals surface area contributed by atoms with E-state index in [1.807, 2.05) is 24.5 Å². The maximum absolute atomic E-state index is 4.45. The van der Waals surface area contributed by atoms with Crippen LogP contribution in [0.15, 0.2) is 48.8 Å². The van der Waals surface area contributed by atoms with E-state index < -0.39 is 0 Å². The second kappa shape index (κ2) is 6.62. The quantitative estimate of drug-likeness (QED) is 0.853. The van der Waals surface area contributed by atoms with Crippen molar-refractivity contribution in [3.63, 3.8) is 0 Å². The van der Waals surface area contributed by atoms with Gasteiger partial charge in [-0.25, -0.2) is 0 Å². The molecule has 3 heterocycles. The molecule has 0 spiro atoms. The molecule has 1 aliphatic heterocycles. The zero-order chi connectivity index (χ0) is 13.6. The van der Waals surface area contributed by atoms with Crippen molar-refractivity contribution < 1.29 is 0 Å². The maximum atomic E-state index is 4.45. The minimum atomic E-state index is 0.724. The Bertz CT molecular complexity index is 465. The average Bonchev–Trinajstić information content (AvgIpc) is 2.50. The molecule has 1 aliphatic rings. The van der Waals surface area contributed by atoms with Gasteiger partial charge in [-0.2, -0.15) is 0 Å². The van der Waals surface area contributed by atoms with Crippen LogP contribution in [0.3, 0.4) is 0 Å². The van der Waals surface area contributed by atoms with Crippen molar-refractivity contribution in [1.82, 2.24) is 14.9 Å². The summed E-state index contributed by atoms with van der Waals surface area (Å²) >= 11 is 0. The van der Waals surface area contributed by atoms with Crippen molar-refractivity contribution in [2.45, 2.75) is 25.8 Å². The summed E-state index contributed by atoms with van der Waals surface area (Å²) in [5, 5.41) is 0. The second-order valence-corrected chi connectivity index (χ2v) is 5.59. The number of hydrogen-bond donors (Lipinski definition) is 0. The largest absolute Gasteiger partial charge is 0.297 e. The lowest BCUT2D eigenvalue weighted by Gasteiger charge is -2.32. The van der Waals surface area contributed by atoms with E-state index >= 15 is 0 Å². The van der Waals surface area contributed by atoms with Crippen molar-refractivity contribution in [3.8, 4) is 0 Å². The highest BCUT2D eigenvalue weighted by atomic mass is 15.1. The molecule has 3 heteroatoms. The van der Waals surface area contributed by atoms with E-state index in [1.165, 1.54) is 30.8 Å². The molecule has 3 nitrogen and oxygen atoms in total. The molecule has 0 aromatic carbocycles. The molecule has 0 radical (unpaired) electrons. The Kier molecular flexibility index (Phi) is 4.38. The number of hydrogen-bond acceptors (Lipinski definition) is 3. The topological polar surface area (TPSA) is 29.0 Å². The Hall–Kier alpha value is -1.74. The smallest absolute Gasteiger partial charge is 0.0543 e. The van der Waals surface area contributed by atoms with Crippen LogP contribution in [-0.4, -0.2) is 28.0 Å². The summed E-state index contributed by atoms with van der Waals surface area (Å²) in [5.74, 6) is 0.724. The molecule has 0 saturated carbocycles. The molecule has 0 amide bonds. The van der Waals surface area contributed by atoms with Gasteiger partial charge in [0, 0.05) is 31.2 Å². The minimum Gasteiger partial charge on any atom is -0.297 e. The molecule has 0 aliphatic carbocycles. The van der Waals surface area contributed by atoms with Gasteiger partial charge >= 0.3 is 0 Å². The Morgan fingerprint density at radius 3 is 2.45 bits per heavy atom. The van der Waals surface area contributed by atoms with Crippen LogP contribution in [0, 0.1) is 5.92 Å². The molecule has 20 heavy (non-hydrogen) atoms. The highest BCUT2D eigenvalue weighted by Crippen LogP contribution is 2.21. The fourth-order valence-corrected chi connectivity index (χ4v) is 3.00. The molecule has 1 saturated heterocycles. The Balaban J connectivity index is 1.57.